The van der Waals surface area contributed by atoms with E-state index in [2.05, 4.69) is 10.6 Å². The van der Waals surface area contributed by atoms with Crippen LogP contribution < -0.4 is 10.6 Å². The summed E-state index contributed by atoms with van der Waals surface area (Å²) in [5.74, 6) is -1.33. The summed E-state index contributed by atoms with van der Waals surface area (Å²) >= 11 is 0. The Balaban J connectivity index is 1.45. The van der Waals surface area contributed by atoms with Crippen molar-refractivity contribution in [2.75, 3.05) is 30.3 Å². The Hall–Kier alpha value is -3.68. The number of esters is 1. The fraction of sp³-hybridized carbons (Fsp3) is 0.385. The number of hydrogen-bond donors (Lipinski definition) is 2. The number of nitrogens with one attached hydrogen (secondary N) is 2. The van der Waals surface area contributed by atoms with Crippen LogP contribution in [-0.4, -0.2) is 48.3 Å². The zero-order valence-corrected chi connectivity index (χ0v) is 19.8. The highest BCUT2D eigenvalue weighted by Gasteiger charge is 2.28. The van der Waals surface area contributed by atoms with Gasteiger partial charge in [0.1, 0.15) is 0 Å². The van der Waals surface area contributed by atoms with Crippen LogP contribution in [0.3, 0.4) is 0 Å². The third-order valence-corrected chi connectivity index (χ3v) is 5.62. The summed E-state index contributed by atoms with van der Waals surface area (Å²) in [7, 11) is 0. The standard InChI is InChI=1S/C26H31N3O5/c1-26(2,3)25(33)28-21-11-7-8-19(16-21)24(32)34-17-22(30)29-14-12-18(13-15-29)23(31)27-20-9-5-4-6-10-20/h4-11,16,18H,12-15,17H2,1-3H3,(H,27,31)(H,28,33). The first-order valence-electron chi connectivity index (χ1n) is 11.4. The monoisotopic (exact) mass is 465 g/mol. The topological polar surface area (TPSA) is 105 Å². The molecule has 0 bridgehead atoms. The van der Waals surface area contributed by atoms with Crippen molar-refractivity contribution in [1.29, 1.82) is 0 Å². The molecule has 2 aromatic rings. The molecule has 34 heavy (non-hydrogen) atoms. The van der Waals surface area contributed by atoms with Crippen molar-refractivity contribution in [2.45, 2.75) is 33.6 Å². The maximum absolute atomic E-state index is 12.5. The first-order valence-corrected chi connectivity index (χ1v) is 11.4. The van der Waals surface area contributed by atoms with Crippen LogP contribution in [-0.2, 0) is 19.1 Å². The third-order valence-electron chi connectivity index (χ3n) is 5.62. The lowest BCUT2D eigenvalue weighted by Crippen LogP contribution is -2.43. The first-order chi connectivity index (χ1) is 16.1. The van der Waals surface area contributed by atoms with Gasteiger partial charge in [-0.1, -0.05) is 45.0 Å². The Morgan fingerprint density at radius 2 is 1.56 bits per heavy atom. The molecule has 3 amide bonds. The minimum absolute atomic E-state index is 0.0526. The Morgan fingerprint density at radius 3 is 2.21 bits per heavy atom. The fourth-order valence-electron chi connectivity index (χ4n) is 3.50. The van der Waals surface area contributed by atoms with Gasteiger partial charge in [-0.2, -0.15) is 0 Å². The van der Waals surface area contributed by atoms with Gasteiger partial charge >= 0.3 is 5.97 Å². The maximum Gasteiger partial charge on any atom is 0.338 e. The van der Waals surface area contributed by atoms with E-state index in [0.717, 1.165) is 5.69 Å². The molecule has 0 saturated carbocycles. The number of piperidine rings is 1. The average Bonchev–Trinajstić information content (AvgIpc) is 2.82. The van der Waals surface area contributed by atoms with Gasteiger partial charge in [0.15, 0.2) is 6.61 Å². The molecule has 0 unspecified atom stereocenters. The molecule has 8 nitrogen and oxygen atoms in total. The number of nitrogens with zero attached hydrogens (tertiary/aromatic N) is 1. The maximum atomic E-state index is 12.5. The van der Waals surface area contributed by atoms with Crippen LogP contribution in [0, 0.1) is 11.3 Å². The predicted molar refractivity (Wildman–Crippen MR) is 129 cm³/mol. The normalized spacial score (nSPS) is 14.3. The van der Waals surface area contributed by atoms with Crippen LogP contribution in [0.4, 0.5) is 11.4 Å². The molecule has 2 N–H and O–H groups in total. The van der Waals surface area contributed by atoms with Crippen LogP contribution in [0.5, 0.6) is 0 Å². The minimum atomic E-state index is -0.641. The smallest absolute Gasteiger partial charge is 0.338 e. The SMILES string of the molecule is CC(C)(C)C(=O)Nc1cccc(C(=O)OCC(=O)N2CCC(C(=O)Nc3ccccc3)CC2)c1. The first kappa shape index (κ1) is 25.0. The van der Waals surface area contributed by atoms with E-state index in [1.165, 1.54) is 6.07 Å². The molecule has 180 valence electrons. The second-order valence-electron chi connectivity index (χ2n) is 9.37. The molecule has 3 rings (SSSR count). The fourth-order valence-corrected chi connectivity index (χ4v) is 3.50. The van der Waals surface area contributed by atoms with Gasteiger partial charge in [0.2, 0.25) is 11.8 Å². The van der Waals surface area contributed by atoms with E-state index in [-0.39, 0.29) is 35.8 Å². The summed E-state index contributed by atoms with van der Waals surface area (Å²) in [6.45, 7) is 5.87. The van der Waals surface area contributed by atoms with Crippen LogP contribution in [0.25, 0.3) is 0 Å². The second kappa shape index (κ2) is 11.0. The van der Waals surface area contributed by atoms with Crippen molar-refractivity contribution in [3.8, 4) is 0 Å². The van der Waals surface area contributed by atoms with Gasteiger partial charge in [-0.3, -0.25) is 14.4 Å². The Bertz CT molecular complexity index is 1040. The number of hydrogen-bond acceptors (Lipinski definition) is 5. The van der Waals surface area contributed by atoms with Crippen LogP contribution in [0.1, 0.15) is 44.0 Å². The third kappa shape index (κ3) is 6.91. The van der Waals surface area contributed by atoms with Crippen molar-refractivity contribution >= 4 is 35.1 Å². The number of ether oxygens (including phenoxy) is 1. The molecule has 1 aliphatic heterocycles. The number of rotatable bonds is 6. The Labute approximate surface area is 199 Å². The predicted octanol–water partition coefficient (Wildman–Crippen LogP) is 3.71. The van der Waals surface area contributed by atoms with Gasteiger partial charge in [-0.15, -0.1) is 0 Å². The second-order valence-corrected chi connectivity index (χ2v) is 9.37. The largest absolute Gasteiger partial charge is 0.452 e. The molecule has 0 aliphatic carbocycles. The number of carbonyl (C=O) groups excluding carboxylic acids is 4. The van der Waals surface area contributed by atoms with E-state index >= 15 is 0 Å². The molecule has 8 heteroatoms. The van der Waals surface area contributed by atoms with E-state index in [1.807, 2.05) is 30.3 Å². The summed E-state index contributed by atoms with van der Waals surface area (Å²) in [6, 6.07) is 15.7. The Kier molecular flexibility index (Phi) is 8.04. The molecular formula is C26H31N3O5. The molecule has 1 saturated heterocycles. The lowest BCUT2D eigenvalue weighted by atomic mass is 9.95. The van der Waals surface area contributed by atoms with Gasteiger partial charge in [-0.05, 0) is 43.2 Å². The van der Waals surface area contributed by atoms with Gasteiger partial charge in [-0.25, -0.2) is 4.79 Å². The average molecular weight is 466 g/mol. The zero-order chi connectivity index (χ0) is 24.7. The molecule has 0 radical (unpaired) electrons. The molecule has 0 atom stereocenters. The number of likely N-dealkylation sites (tertiary alicyclic amines) is 1. The number of amides is 3. The molecule has 2 aromatic carbocycles. The molecule has 0 aromatic heterocycles. The summed E-state index contributed by atoms with van der Waals surface area (Å²) < 4.78 is 5.20. The van der Waals surface area contributed by atoms with Crippen LogP contribution >= 0.6 is 0 Å². The highest BCUT2D eigenvalue weighted by Crippen LogP contribution is 2.21. The highest BCUT2D eigenvalue weighted by molar-refractivity contribution is 5.97. The van der Waals surface area contributed by atoms with E-state index in [1.54, 1.807) is 43.9 Å². The number of benzene rings is 2. The van der Waals surface area contributed by atoms with Crippen molar-refractivity contribution in [1.82, 2.24) is 4.90 Å². The molecule has 1 heterocycles. The number of anilines is 2. The van der Waals surface area contributed by atoms with E-state index in [0.29, 0.717) is 31.6 Å². The zero-order valence-electron chi connectivity index (χ0n) is 19.8. The summed E-state index contributed by atoms with van der Waals surface area (Å²) in [6.07, 6.45) is 1.10. The van der Waals surface area contributed by atoms with Crippen LogP contribution in [0.2, 0.25) is 0 Å². The van der Waals surface area contributed by atoms with Crippen molar-refractivity contribution in [3.05, 3.63) is 60.2 Å². The summed E-state index contributed by atoms with van der Waals surface area (Å²) in [4.78, 5) is 51.2. The molecule has 0 spiro atoms. The van der Waals surface area contributed by atoms with Gasteiger partial charge in [0.25, 0.3) is 5.91 Å². The minimum Gasteiger partial charge on any atom is -0.452 e. The van der Waals surface area contributed by atoms with Crippen molar-refractivity contribution in [2.24, 2.45) is 11.3 Å². The highest BCUT2D eigenvalue weighted by atomic mass is 16.5. The molecule has 1 fully saturated rings. The van der Waals surface area contributed by atoms with Gasteiger partial charge in [0.05, 0.1) is 5.56 Å². The van der Waals surface area contributed by atoms with Crippen molar-refractivity contribution in [3.63, 3.8) is 0 Å². The lowest BCUT2D eigenvalue weighted by Gasteiger charge is -2.31. The van der Waals surface area contributed by atoms with Gasteiger partial charge < -0.3 is 20.3 Å². The quantitative estimate of drug-likeness (QED) is 0.633. The summed E-state index contributed by atoms with van der Waals surface area (Å²) in [5.41, 5.74) is 0.908. The van der Waals surface area contributed by atoms with E-state index in [9.17, 15) is 19.2 Å². The van der Waals surface area contributed by atoms with E-state index < -0.39 is 11.4 Å². The van der Waals surface area contributed by atoms with E-state index in [4.69, 9.17) is 4.74 Å². The summed E-state index contributed by atoms with van der Waals surface area (Å²) in [5, 5.41) is 5.67. The number of carbonyl (C=O) groups is 4. The van der Waals surface area contributed by atoms with Crippen molar-refractivity contribution < 1.29 is 23.9 Å². The molecule has 1 aliphatic rings. The van der Waals surface area contributed by atoms with Gasteiger partial charge in [0, 0.05) is 35.8 Å². The Morgan fingerprint density at radius 1 is 0.912 bits per heavy atom. The number of para-hydroxylation sites is 1. The lowest BCUT2D eigenvalue weighted by molar-refractivity contribution is -0.137. The van der Waals surface area contributed by atoms with Crippen LogP contribution in [0.15, 0.2) is 54.6 Å². The molecular weight excluding hydrogens is 434 g/mol.